The summed E-state index contributed by atoms with van der Waals surface area (Å²) in [4.78, 5) is 16.9. The van der Waals surface area contributed by atoms with Gasteiger partial charge in [0.15, 0.2) is 11.3 Å². The van der Waals surface area contributed by atoms with Crippen LogP contribution < -0.4 is 5.32 Å². The number of nitrogens with zero attached hydrogens (tertiary/aromatic N) is 6. The number of hydrogen-bond donors (Lipinski definition) is 2. The fourth-order valence-electron chi connectivity index (χ4n) is 6.92. The molecule has 2 saturated heterocycles. The number of carbonyl (C=O) groups excluding carboxylic acids is 1. The van der Waals surface area contributed by atoms with Gasteiger partial charge in [0.2, 0.25) is 0 Å². The number of likely N-dealkylation sites (tertiary alicyclic amines) is 2. The Labute approximate surface area is 242 Å². The molecule has 0 atom stereocenters. The number of aromatic hydroxyl groups is 1. The minimum absolute atomic E-state index is 0.165. The number of fused-ring (bicyclic) bond motifs is 1. The zero-order chi connectivity index (χ0) is 28.8. The lowest BCUT2D eigenvalue weighted by atomic mass is 9.66. The number of amides is 1. The first-order chi connectivity index (χ1) is 19.6. The van der Waals surface area contributed by atoms with Crippen LogP contribution in [0.1, 0.15) is 65.3 Å². The van der Waals surface area contributed by atoms with Gasteiger partial charge in [-0.25, -0.2) is 4.79 Å². The molecule has 41 heavy (non-hydrogen) atoms. The summed E-state index contributed by atoms with van der Waals surface area (Å²) in [5, 5.41) is 27.3. The van der Waals surface area contributed by atoms with Crippen molar-refractivity contribution in [3.63, 3.8) is 0 Å². The zero-order valence-electron chi connectivity index (χ0n) is 24.8. The minimum Gasteiger partial charge on any atom is -0.507 e. The van der Waals surface area contributed by atoms with Crippen LogP contribution >= 0.6 is 0 Å². The Kier molecular flexibility index (Phi) is 7.30. The number of ether oxygens (including phenoxy) is 1. The molecule has 3 fully saturated rings. The summed E-state index contributed by atoms with van der Waals surface area (Å²) >= 11 is 0. The van der Waals surface area contributed by atoms with E-state index in [1.165, 1.54) is 25.7 Å². The molecule has 0 unspecified atom stereocenters. The van der Waals surface area contributed by atoms with Crippen molar-refractivity contribution in [3.8, 4) is 17.0 Å². The number of piperidine rings is 1. The Bertz CT molecular complexity index is 1390. The van der Waals surface area contributed by atoms with Gasteiger partial charge in [-0.1, -0.05) is 12.1 Å². The van der Waals surface area contributed by atoms with Gasteiger partial charge in [0.05, 0.1) is 17.3 Å². The quantitative estimate of drug-likeness (QED) is 0.432. The second-order valence-electron chi connectivity index (χ2n) is 13.3. The van der Waals surface area contributed by atoms with Crippen LogP contribution in [0, 0.1) is 11.3 Å². The molecule has 1 aliphatic carbocycles. The molecule has 2 N–H and O–H groups in total. The fraction of sp³-hybridized carbons (Fsp3) is 0.613. The number of rotatable bonds is 5. The average molecular weight is 562 g/mol. The molecule has 4 heterocycles. The Hall–Kier alpha value is -3.40. The molecule has 0 radical (unpaired) electrons. The molecule has 10 heteroatoms. The molecule has 0 bridgehead atoms. The normalized spacial score (nSPS) is 20.3. The molecule has 10 nitrogen and oxygen atoms in total. The van der Waals surface area contributed by atoms with Crippen LogP contribution in [0.2, 0.25) is 0 Å². The Morgan fingerprint density at radius 1 is 1.10 bits per heavy atom. The van der Waals surface area contributed by atoms with Gasteiger partial charge in [0.1, 0.15) is 11.4 Å². The predicted molar refractivity (Wildman–Crippen MR) is 159 cm³/mol. The first-order valence-corrected chi connectivity index (χ1v) is 15.1. The van der Waals surface area contributed by atoms with E-state index in [1.807, 2.05) is 50.9 Å². The van der Waals surface area contributed by atoms with Crippen molar-refractivity contribution in [1.82, 2.24) is 29.8 Å². The Balaban J connectivity index is 1.04. The Morgan fingerprint density at radius 3 is 2.46 bits per heavy atom. The topological polar surface area (TPSA) is 109 Å². The van der Waals surface area contributed by atoms with Crippen LogP contribution in [0.4, 0.5) is 10.6 Å². The molecule has 2 aliphatic heterocycles. The average Bonchev–Trinajstić information content (AvgIpc) is 3.30. The first kappa shape index (κ1) is 27.8. The van der Waals surface area contributed by atoms with Crippen LogP contribution in [0.5, 0.6) is 5.75 Å². The van der Waals surface area contributed by atoms with Crippen molar-refractivity contribution >= 4 is 22.9 Å². The number of anilines is 1. The number of hydrogen-bond acceptors (Lipinski definition) is 8. The summed E-state index contributed by atoms with van der Waals surface area (Å²) in [5.74, 6) is 1.65. The molecular weight excluding hydrogens is 518 g/mol. The summed E-state index contributed by atoms with van der Waals surface area (Å²) in [6.07, 6.45) is 6.81. The lowest BCUT2D eigenvalue weighted by Gasteiger charge is -2.53. The lowest BCUT2D eigenvalue weighted by Crippen LogP contribution is -2.60. The maximum absolute atomic E-state index is 12.4. The van der Waals surface area contributed by atoms with Crippen molar-refractivity contribution < 1.29 is 14.6 Å². The van der Waals surface area contributed by atoms with Gasteiger partial charge in [-0.2, -0.15) is 5.10 Å². The molecule has 1 spiro atoms. The van der Waals surface area contributed by atoms with E-state index >= 15 is 0 Å². The highest BCUT2D eigenvalue weighted by molar-refractivity contribution is 5.88. The van der Waals surface area contributed by atoms with Crippen molar-refractivity contribution in [2.45, 2.75) is 70.9 Å². The predicted octanol–water partition coefficient (Wildman–Crippen LogP) is 5.30. The monoisotopic (exact) mass is 561 g/mol. The van der Waals surface area contributed by atoms with Gasteiger partial charge >= 0.3 is 6.09 Å². The van der Waals surface area contributed by atoms with E-state index in [4.69, 9.17) is 9.84 Å². The summed E-state index contributed by atoms with van der Waals surface area (Å²) in [6, 6.07) is 9.52. The number of benzene rings is 1. The smallest absolute Gasteiger partial charge is 0.410 e. The molecule has 220 valence electrons. The molecule has 1 saturated carbocycles. The summed E-state index contributed by atoms with van der Waals surface area (Å²) in [7, 11) is 1.86. The van der Waals surface area contributed by atoms with Crippen LogP contribution in [-0.4, -0.2) is 86.3 Å². The third kappa shape index (κ3) is 5.71. The largest absolute Gasteiger partial charge is 0.507 e. The van der Waals surface area contributed by atoms with Gasteiger partial charge in [0, 0.05) is 50.7 Å². The zero-order valence-corrected chi connectivity index (χ0v) is 24.8. The third-order valence-corrected chi connectivity index (χ3v) is 9.16. The first-order valence-electron chi connectivity index (χ1n) is 15.1. The van der Waals surface area contributed by atoms with Gasteiger partial charge in [0.25, 0.3) is 0 Å². The van der Waals surface area contributed by atoms with E-state index in [9.17, 15) is 9.90 Å². The van der Waals surface area contributed by atoms with E-state index in [-0.39, 0.29) is 11.8 Å². The minimum atomic E-state index is -0.437. The second kappa shape index (κ2) is 10.8. The maximum atomic E-state index is 12.4. The lowest BCUT2D eigenvalue weighted by molar-refractivity contribution is -0.0562. The highest BCUT2D eigenvalue weighted by atomic mass is 16.6. The van der Waals surface area contributed by atoms with Gasteiger partial charge in [-0.05, 0) is 83.4 Å². The van der Waals surface area contributed by atoms with E-state index in [0.717, 1.165) is 68.3 Å². The molecule has 2 aromatic heterocycles. The van der Waals surface area contributed by atoms with Crippen LogP contribution in [0.15, 0.2) is 30.3 Å². The molecule has 1 amide bonds. The fourth-order valence-corrected chi connectivity index (χ4v) is 6.92. The molecule has 3 aliphatic rings. The molecule has 3 aromatic rings. The van der Waals surface area contributed by atoms with Crippen molar-refractivity contribution in [1.29, 1.82) is 0 Å². The standard InChI is InChI=1S/C31H43N7O3/c1-30(2,3)41-29(40)37-19-31(20-37)13-9-21(10-14-31)18-36-15-11-22(12-16-36)38-25-17-24(23-7-5-6-8-26(23)39)33-34-27(25)28(32-4)35-38/h5-8,17,21-22,39H,9-16,18-20H2,1-4H3,(H,32,35). The van der Waals surface area contributed by atoms with Crippen LogP contribution in [-0.2, 0) is 4.74 Å². The molecular formula is C31H43N7O3. The van der Waals surface area contributed by atoms with E-state index in [1.54, 1.807) is 12.1 Å². The van der Waals surface area contributed by atoms with Gasteiger partial charge in [-0.3, -0.25) is 4.68 Å². The number of phenolic OH excluding ortho intramolecular Hbond substituents is 1. The maximum Gasteiger partial charge on any atom is 0.410 e. The second-order valence-corrected chi connectivity index (χ2v) is 13.3. The summed E-state index contributed by atoms with van der Waals surface area (Å²) in [5.41, 5.74) is 2.89. The van der Waals surface area contributed by atoms with Crippen LogP contribution in [0.3, 0.4) is 0 Å². The molecule has 1 aromatic carbocycles. The van der Waals surface area contributed by atoms with Gasteiger partial charge in [-0.15, -0.1) is 10.2 Å². The molecule has 6 rings (SSSR count). The number of phenols is 1. The van der Waals surface area contributed by atoms with Crippen LogP contribution in [0.25, 0.3) is 22.3 Å². The Morgan fingerprint density at radius 2 is 1.80 bits per heavy atom. The van der Waals surface area contributed by atoms with E-state index < -0.39 is 5.60 Å². The summed E-state index contributed by atoms with van der Waals surface area (Å²) < 4.78 is 7.67. The highest BCUT2D eigenvalue weighted by Gasteiger charge is 2.48. The SMILES string of the molecule is CNc1nn(C2CCN(CC3CCC4(CC3)CN(C(=O)OC(C)(C)C)C4)CC2)c2cc(-c3ccccc3O)nnc12. The number of aromatic nitrogens is 4. The number of carbonyl (C=O) groups is 1. The summed E-state index contributed by atoms with van der Waals surface area (Å²) in [6.45, 7) is 10.7. The number of para-hydroxylation sites is 1. The number of nitrogens with one attached hydrogen (secondary N) is 1. The highest BCUT2D eigenvalue weighted by Crippen LogP contribution is 2.46. The van der Waals surface area contributed by atoms with Crippen molar-refractivity contribution in [3.05, 3.63) is 30.3 Å². The van der Waals surface area contributed by atoms with Gasteiger partial charge < -0.3 is 25.0 Å². The third-order valence-electron chi connectivity index (χ3n) is 9.16. The van der Waals surface area contributed by atoms with E-state index in [0.29, 0.717) is 22.7 Å². The van der Waals surface area contributed by atoms with E-state index in [2.05, 4.69) is 25.1 Å². The van der Waals surface area contributed by atoms with Crippen molar-refractivity contribution in [2.75, 3.05) is 45.1 Å². The van der Waals surface area contributed by atoms with Crippen molar-refractivity contribution in [2.24, 2.45) is 11.3 Å².